The predicted molar refractivity (Wildman–Crippen MR) is 70.9 cm³/mol. The summed E-state index contributed by atoms with van der Waals surface area (Å²) in [7, 11) is 0. The van der Waals surface area contributed by atoms with E-state index in [1.54, 1.807) is 12.1 Å². The summed E-state index contributed by atoms with van der Waals surface area (Å²) in [6, 6.07) is 9.08. The zero-order valence-corrected chi connectivity index (χ0v) is 10.5. The van der Waals surface area contributed by atoms with Gasteiger partial charge in [-0.05, 0) is 30.3 Å². The minimum atomic E-state index is -1.27. The SMILES string of the molecule is O=C(O)c1ccc(F)c(N2C(=O)c3ccccc3C2=O)c1. The van der Waals surface area contributed by atoms with E-state index in [0.29, 0.717) is 4.90 Å². The minimum absolute atomic E-state index is 0.169. The van der Waals surface area contributed by atoms with E-state index < -0.39 is 23.6 Å². The molecule has 0 aliphatic carbocycles. The smallest absolute Gasteiger partial charge is 0.335 e. The second-order valence-corrected chi connectivity index (χ2v) is 4.46. The van der Waals surface area contributed by atoms with E-state index in [1.807, 2.05) is 0 Å². The third-order valence-electron chi connectivity index (χ3n) is 3.23. The number of aromatic carboxylic acids is 1. The van der Waals surface area contributed by atoms with Gasteiger partial charge in [-0.3, -0.25) is 9.59 Å². The molecule has 1 heterocycles. The topological polar surface area (TPSA) is 74.7 Å². The zero-order valence-electron chi connectivity index (χ0n) is 10.5. The second-order valence-electron chi connectivity index (χ2n) is 4.46. The Balaban J connectivity index is 2.15. The maximum Gasteiger partial charge on any atom is 0.335 e. The molecule has 1 aliphatic rings. The molecule has 0 saturated carbocycles. The molecule has 0 unspecified atom stereocenters. The molecule has 104 valence electrons. The van der Waals surface area contributed by atoms with Crippen molar-refractivity contribution in [2.45, 2.75) is 0 Å². The van der Waals surface area contributed by atoms with Crippen molar-refractivity contribution in [1.82, 2.24) is 0 Å². The lowest BCUT2D eigenvalue weighted by molar-refractivity contribution is 0.0695. The summed E-state index contributed by atoms with van der Waals surface area (Å²) in [5.41, 5.74) is -0.227. The summed E-state index contributed by atoms with van der Waals surface area (Å²) in [6.45, 7) is 0. The maximum atomic E-state index is 13.9. The molecule has 1 N–H and O–H groups in total. The van der Waals surface area contributed by atoms with Gasteiger partial charge >= 0.3 is 5.97 Å². The molecule has 0 atom stereocenters. The van der Waals surface area contributed by atoms with Crippen LogP contribution >= 0.6 is 0 Å². The molecule has 6 heteroatoms. The molecule has 3 rings (SSSR count). The first-order chi connectivity index (χ1) is 10.0. The van der Waals surface area contributed by atoms with E-state index in [2.05, 4.69) is 0 Å². The molecule has 5 nitrogen and oxygen atoms in total. The monoisotopic (exact) mass is 285 g/mol. The van der Waals surface area contributed by atoms with Crippen LogP contribution < -0.4 is 4.90 Å². The highest BCUT2D eigenvalue weighted by Gasteiger charge is 2.37. The normalized spacial score (nSPS) is 13.5. The fourth-order valence-corrected chi connectivity index (χ4v) is 2.23. The van der Waals surface area contributed by atoms with Crippen molar-refractivity contribution in [3.63, 3.8) is 0 Å². The number of halogens is 1. The number of carbonyl (C=O) groups excluding carboxylic acids is 2. The summed E-state index contributed by atoms with van der Waals surface area (Å²) in [5, 5.41) is 8.94. The molecule has 0 fully saturated rings. The second kappa shape index (κ2) is 4.52. The molecule has 21 heavy (non-hydrogen) atoms. The van der Waals surface area contributed by atoms with Crippen LogP contribution in [0.15, 0.2) is 42.5 Å². The van der Waals surface area contributed by atoms with Crippen molar-refractivity contribution < 1.29 is 23.9 Å². The Labute approximate surface area is 118 Å². The quantitative estimate of drug-likeness (QED) is 0.859. The average molecular weight is 285 g/mol. The molecule has 2 aromatic carbocycles. The van der Waals surface area contributed by atoms with Gasteiger partial charge in [0.25, 0.3) is 11.8 Å². The lowest BCUT2D eigenvalue weighted by atomic mass is 10.1. The Morgan fingerprint density at radius 3 is 2.10 bits per heavy atom. The van der Waals surface area contributed by atoms with Crippen LogP contribution in [-0.4, -0.2) is 22.9 Å². The standard InChI is InChI=1S/C15H8FNO4/c16-11-6-5-8(15(20)21)7-12(11)17-13(18)9-3-1-2-4-10(9)14(17)19/h1-7H,(H,20,21). The highest BCUT2D eigenvalue weighted by Crippen LogP contribution is 2.30. The van der Waals surface area contributed by atoms with Gasteiger partial charge in [0.05, 0.1) is 22.4 Å². The molecule has 1 aliphatic heterocycles. The van der Waals surface area contributed by atoms with Gasteiger partial charge < -0.3 is 5.11 Å². The number of fused-ring (bicyclic) bond motifs is 1. The Bertz CT molecular complexity index is 765. The van der Waals surface area contributed by atoms with Crippen molar-refractivity contribution in [3.8, 4) is 0 Å². The molecule has 0 bridgehead atoms. The van der Waals surface area contributed by atoms with Crippen LogP contribution in [0.5, 0.6) is 0 Å². The number of hydrogen-bond acceptors (Lipinski definition) is 3. The number of imide groups is 1. The largest absolute Gasteiger partial charge is 0.478 e. The van der Waals surface area contributed by atoms with Crippen LogP contribution in [0.4, 0.5) is 10.1 Å². The van der Waals surface area contributed by atoms with Crippen LogP contribution in [0.25, 0.3) is 0 Å². The zero-order chi connectivity index (χ0) is 15.1. The summed E-state index contributed by atoms with van der Waals surface area (Å²) in [6.07, 6.45) is 0. The molecule has 0 saturated heterocycles. The number of benzene rings is 2. The van der Waals surface area contributed by atoms with Crippen LogP contribution in [0.3, 0.4) is 0 Å². The number of carbonyl (C=O) groups is 3. The summed E-state index contributed by atoms with van der Waals surface area (Å²) >= 11 is 0. The molecular formula is C15H8FNO4. The first-order valence-corrected chi connectivity index (χ1v) is 6.01. The Morgan fingerprint density at radius 1 is 1.00 bits per heavy atom. The predicted octanol–water partition coefficient (Wildman–Crippen LogP) is 2.32. The summed E-state index contributed by atoms with van der Waals surface area (Å²) < 4.78 is 13.9. The van der Waals surface area contributed by atoms with Crippen LogP contribution in [0.1, 0.15) is 31.1 Å². The number of nitrogens with zero attached hydrogens (tertiary/aromatic N) is 1. The van der Waals surface area contributed by atoms with Crippen molar-refractivity contribution in [2.75, 3.05) is 4.90 Å². The van der Waals surface area contributed by atoms with Crippen LogP contribution in [0.2, 0.25) is 0 Å². The van der Waals surface area contributed by atoms with Crippen molar-refractivity contribution in [3.05, 3.63) is 65.0 Å². The van der Waals surface area contributed by atoms with Crippen molar-refractivity contribution in [2.24, 2.45) is 0 Å². The Hall–Kier alpha value is -3.02. The lowest BCUT2D eigenvalue weighted by Crippen LogP contribution is -2.30. The fourth-order valence-electron chi connectivity index (χ4n) is 2.23. The number of hydrogen-bond donors (Lipinski definition) is 1. The third kappa shape index (κ3) is 1.88. The van der Waals surface area contributed by atoms with E-state index in [0.717, 1.165) is 18.2 Å². The third-order valence-corrected chi connectivity index (χ3v) is 3.23. The van der Waals surface area contributed by atoms with E-state index in [9.17, 15) is 18.8 Å². The van der Waals surface area contributed by atoms with Gasteiger partial charge in [0, 0.05) is 0 Å². The van der Waals surface area contributed by atoms with Gasteiger partial charge in [0.15, 0.2) is 0 Å². The van der Waals surface area contributed by atoms with E-state index in [1.165, 1.54) is 12.1 Å². The molecule has 2 aromatic rings. The number of amides is 2. The van der Waals surface area contributed by atoms with Crippen LogP contribution in [-0.2, 0) is 0 Å². The maximum absolute atomic E-state index is 13.9. The first kappa shape index (κ1) is 13.0. The molecule has 0 radical (unpaired) electrons. The molecule has 0 aromatic heterocycles. The van der Waals surface area contributed by atoms with Gasteiger partial charge in [0.2, 0.25) is 0 Å². The first-order valence-electron chi connectivity index (χ1n) is 6.01. The van der Waals surface area contributed by atoms with E-state index >= 15 is 0 Å². The highest BCUT2D eigenvalue weighted by atomic mass is 19.1. The highest BCUT2D eigenvalue weighted by molar-refractivity contribution is 6.34. The average Bonchev–Trinajstić information content (AvgIpc) is 2.72. The van der Waals surface area contributed by atoms with Crippen molar-refractivity contribution >= 4 is 23.5 Å². The summed E-state index contributed by atoms with van der Waals surface area (Å²) in [4.78, 5) is 36.1. The van der Waals surface area contributed by atoms with E-state index in [-0.39, 0.29) is 22.4 Å². The van der Waals surface area contributed by atoms with Gasteiger partial charge in [-0.25, -0.2) is 14.1 Å². The fraction of sp³-hybridized carbons (Fsp3) is 0. The van der Waals surface area contributed by atoms with Crippen LogP contribution in [0, 0.1) is 5.82 Å². The minimum Gasteiger partial charge on any atom is -0.478 e. The Morgan fingerprint density at radius 2 is 1.57 bits per heavy atom. The van der Waals surface area contributed by atoms with Gasteiger partial charge in [-0.15, -0.1) is 0 Å². The number of carboxylic acids is 1. The number of anilines is 1. The lowest BCUT2D eigenvalue weighted by Gasteiger charge is -2.15. The van der Waals surface area contributed by atoms with Gasteiger partial charge in [-0.1, -0.05) is 12.1 Å². The van der Waals surface area contributed by atoms with Gasteiger partial charge in [-0.2, -0.15) is 0 Å². The number of rotatable bonds is 2. The molecule has 2 amide bonds. The van der Waals surface area contributed by atoms with E-state index in [4.69, 9.17) is 5.11 Å². The molecular weight excluding hydrogens is 277 g/mol. The molecule has 0 spiro atoms. The number of carboxylic acid groups (broad SMARTS) is 1. The van der Waals surface area contributed by atoms with Crippen molar-refractivity contribution in [1.29, 1.82) is 0 Å². The van der Waals surface area contributed by atoms with Gasteiger partial charge in [0.1, 0.15) is 5.82 Å². The Kier molecular flexibility index (Phi) is 2.79. The summed E-state index contributed by atoms with van der Waals surface area (Å²) in [5.74, 6) is -3.45.